The lowest BCUT2D eigenvalue weighted by Gasteiger charge is -2.22. The predicted octanol–water partition coefficient (Wildman–Crippen LogP) is 3.76. The Morgan fingerprint density at radius 2 is 1.91 bits per heavy atom. The molecule has 9 nitrogen and oxygen atoms in total. The zero-order valence-corrected chi connectivity index (χ0v) is 18.6. The van der Waals surface area contributed by atoms with Gasteiger partial charge in [-0.3, -0.25) is 9.59 Å². The zero-order valence-electron chi connectivity index (χ0n) is 17.9. The Bertz CT molecular complexity index is 1210. The summed E-state index contributed by atoms with van der Waals surface area (Å²) in [5.74, 6) is -0.892. The van der Waals surface area contributed by atoms with Gasteiger partial charge < -0.3 is 25.4 Å². The van der Waals surface area contributed by atoms with Gasteiger partial charge in [0.15, 0.2) is 23.4 Å². The van der Waals surface area contributed by atoms with Crippen molar-refractivity contribution in [1.82, 2.24) is 20.4 Å². The third kappa shape index (κ3) is 4.67. The van der Waals surface area contributed by atoms with Crippen LogP contribution < -0.4 is 25.4 Å². The maximum Gasteiger partial charge on any atom is 0.435 e. The smallest absolute Gasteiger partial charge is 0.435 e. The number of amides is 2. The number of halogens is 4. The molecule has 13 heteroatoms. The molecular formula is C21H19ClF3N5O4. The Kier molecular flexibility index (Phi) is 6.17. The maximum atomic E-state index is 13.4. The fourth-order valence-corrected chi connectivity index (χ4v) is 3.53. The van der Waals surface area contributed by atoms with Crippen molar-refractivity contribution in [3.05, 3.63) is 58.5 Å². The molecule has 2 amide bonds. The fourth-order valence-electron chi connectivity index (χ4n) is 3.30. The van der Waals surface area contributed by atoms with Crippen LogP contribution in [0, 0.1) is 0 Å². The Morgan fingerprint density at radius 3 is 2.56 bits per heavy atom. The largest absolute Gasteiger partial charge is 0.454 e. The standard InChI is InChI=1S/C21H19ClF3N5O4/c1-10(2)27-19(31)11-6-15-16(34-9-33-15)7-13(11)28-20(32)14-8-17(21(23,24)25)29-30(14)18-12(22)4-3-5-26-18/h3-8,10,18,26H,9H2,1-2H3,(H,27,31)(H,28,32). The van der Waals surface area contributed by atoms with E-state index in [1.165, 1.54) is 24.4 Å². The van der Waals surface area contributed by atoms with Gasteiger partial charge in [0.2, 0.25) is 6.79 Å². The molecule has 3 N–H and O–H groups in total. The quantitative estimate of drug-likeness (QED) is 0.581. The molecule has 180 valence electrons. The number of carbonyl (C=O) groups excluding carboxylic acids is 2. The molecule has 34 heavy (non-hydrogen) atoms. The number of nitrogens with one attached hydrogen (secondary N) is 3. The number of benzene rings is 1. The van der Waals surface area contributed by atoms with Crippen molar-refractivity contribution in [3.63, 3.8) is 0 Å². The number of hydrogen-bond donors (Lipinski definition) is 3. The van der Waals surface area contributed by atoms with Gasteiger partial charge in [0, 0.05) is 18.2 Å². The third-order valence-electron chi connectivity index (χ3n) is 4.80. The SMILES string of the molecule is CC(C)NC(=O)c1cc2c(cc1NC(=O)c1cc(C(F)(F)F)nn1C1NC=CC=C1Cl)OCO2. The molecule has 2 aliphatic heterocycles. The highest BCUT2D eigenvalue weighted by Crippen LogP contribution is 2.38. The second kappa shape index (κ2) is 8.93. The summed E-state index contributed by atoms with van der Waals surface area (Å²) in [7, 11) is 0. The topological polar surface area (TPSA) is 107 Å². The Morgan fingerprint density at radius 1 is 1.21 bits per heavy atom. The molecule has 0 fully saturated rings. The minimum Gasteiger partial charge on any atom is -0.454 e. The van der Waals surface area contributed by atoms with Gasteiger partial charge in [0.05, 0.1) is 16.3 Å². The molecule has 1 aromatic carbocycles. The van der Waals surface area contributed by atoms with Gasteiger partial charge in [-0.1, -0.05) is 11.6 Å². The first-order valence-electron chi connectivity index (χ1n) is 10.1. The van der Waals surface area contributed by atoms with E-state index in [-0.39, 0.29) is 34.9 Å². The van der Waals surface area contributed by atoms with Crippen LogP contribution in [0.5, 0.6) is 11.5 Å². The monoisotopic (exact) mass is 497 g/mol. The molecule has 2 aromatic rings. The summed E-state index contributed by atoms with van der Waals surface area (Å²) in [4.78, 5) is 25.9. The number of ether oxygens (including phenoxy) is 2. The van der Waals surface area contributed by atoms with Gasteiger partial charge in [0.1, 0.15) is 5.69 Å². The van der Waals surface area contributed by atoms with Crippen molar-refractivity contribution in [2.45, 2.75) is 32.2 Å². The highest BCUT2D eigenvalue weighted by Gasteiger charge is 2.37. The number of rotatable bonds is 5. The van der Waals surface area contributed by atoms with E-state index in [0.29, 0.717) is 11.8 Å². The van der Waals surface area contributed by atoms with Gasteiger partial charge in [0.25, 0.3) is 11.8 Å². The Balaban J connectivity index is 1.73. The maximum absolute atomic E-state index is 13.4. The summed E-state index contributed by atoms with van der Waals surface area (Å²) in [5, 5.41) is 11.6. The molecule has 1 aromatic heterocycles. The molecule has 4 rings (SSSR count). The van der Waals surface area contributed by atoms with E-state index in [1.54, 1.807) is 19.9 Å². The molecular weight excluding hydrogens is 479 g/mol. The summed E-state index contributed by atoms with van der Waals surface area (Å²) in [6.45, 7) is 3.43. The van der Waals surface area contributed by atoms with Crippen LogP contribution in [0.15, 0.2) is 41.6 Å². The number of carbonyl (C=O) groups is 2. The first kappa shape index (κ1) is 23.5. The molecule has 1 unspecified atom stereocenters. The number of allylic oxidation sites excluding steroid dienone is 2. The van der Waals surface area contributed by atoms with Gasteiger partial charge >= 0.3 is 6.18 Å². The molecule has 0 radical (unpaired) electrons. The summed E-state index contributed by atoms with van der Waals surface area (Å²) in [6, 6.07) is 3.16. The summed E-state index contributed by atoms with van der Waals surface area (Å²) >= 11 is 6.15. The molecule has 3 heterocycles. The van der Waals surface area contributed by atoms with E-state index in [0.717, 1.165) is 4.68 Å². The minimum absolute atomic E-state index is 0.0202. The average molecular weight is 498 g/mol. The number of fused-ring (bicyclic) bond motifs is 1. The first-order chi connectivity index (χ1) is 16.0. The van der Waals surface area contributed by atoms with Crippen LogP contribution >= 0.6 is 11.6 Å². The predicted molar refractivity (Wildman–Crippen MR) is 116 cm³/mol. The molecule has 0 aliphatic carbocycles. The van der Waals surface area contributed by atoms with Crippen LogP contribution in [-0.4, -0.2) is 34.4 Å². The van der Waals surface area contributed by atoms with Gasteiger partial charge in [-0.2, -0.15) is 18.3 Å². The Labute approximate surface area is 196 Å². The number of hydrogen-bond acceptors (Lipinski definition) is 6. The van der Waals surface area contributed by atoms with E-state index in [2.05, 4.69) is 21.0 Å². The van der Waals surface area contributed by atoms with Crippen molar-refractivity contribution in [3.8, 4) is 11.5 Å². The molecule has 0 bridgehead atoms. The lowest BCUT2D eigenvalue weighted by molar-refractivity contribution is -0.141. The number of anilines is 1. The van der Waals surface area contributed by atoms with E-state index < -0.39 is 35.5 Å². The molecule has 2 aliphatic rings. The number of nitrogens with zero attached hydrogens (tertiary/aromatic N) is 2. The van der Waals surface area contributed by atoms with Crippen LogP contribution in [0.2, 0.25) is 0 Å². The van der Waals surface area contributed by atoms with Crippen LogP contribution in [0.1, 0.15) is 46.6 Å². The lowest BCUT2D eigenvalue weighted by Crippen LogP contribution is -2.32. The number of aromatic nitrogens is 2. The van der Waals surface area contributed by atoms with E-state index in [1.807, 2.05) is 0 Å². The molecule has 1 atom stereocenters. The number of dihydropyridines is 1. The van der Waals surface area contributed by atoms with Gasteiger partial charge in [-0.15, -0.1) is 0 Å². The third-order valence-corrected chi connectivity index (χ3v) is 5.13. The molecule has 0 saturated carbocycles. The highest BCUT2D eigenvalue weighted by molar-refractivity contribution is 6.30. The van der Waals surface area contributed by atoms with Crippen LogP contribution in [0.3, 0.4) is 0 Å². The van der Waals surface area contributed by atoms with E-state index >= 15 is 0 Å². The van der Waals surface area contributed by atoms with Crippen molar-refractivity contribution in [2.75, 3.05) is 12.1 Å². The number of alkyl halides is 3. The highest BCUT2D eigenvalue weighted by atomic mass is 35.5. The minimum atomic E-state index is -4.80. The first-order valence-corrected chi connectivity index (χ1v) is 10.4. The zero-order chi connectivity index (χ0) is 24.6. The van der Waals surface area contributed by atoms with Crippen molar-refractivity contribution in [1.29, 1.82) is 0 Å². The van der Waals surface area contributed by atoms with Crippen LogP contribution in [0.25, 0.3) is 0 Å². The average Bonchev–Trinajstić information content (AvgIpc) is 3.39. The van der Waals surface area contributed by atoms with Crippen LogP contribution in [0.4, 0.5) is 18.9 Å². The van der Waals surface area contributed by atoms with Gasteiger partial charge in [-0.25, -0.2) is 4.68 Å². The fraction of sp³-hybridized carbons (Fsp3) is 0.286. The summed E-state index contributed by atoms with van der Waals surface area (Å²) < 4.78 is 51.7. The van der Waals surface area contributed by atoms with Crippen LogP contribution in [-0.2, 0) is 6.18 Å². The van der Waals surface area contributed by atoms with Crippen molar-refractivity contribution in [2.24, 2.45) is 0 Å². The van der Waals surface area contributed by atoms with E-state index in [4.69, 9.17) is 21.1 Å². The van der Waals surface area contributed by atoms with Crippen molar-refractivity contribution >= 4 is 29.1 Å². The van der Waals surface area contributed by atoms with Gasteiger partial charge in [-0.05, 0) is 38.3 Å². The second-order valence-corrected chi connectivity index (χ2v) is 8.11. The normalized spacial score (nSPS) is 16.8. The molecule has 0 saturated heterocycles. The van der Waals surface area contributed by atoms with Crippen molar-refractivity contribution < 1.29 is 32.2 Å². The Hall–Kier alpha value is -3.67. The second-order valence-electron chi connectivity index (χ2n) is 7.67. The summed E-state index contributed by atoms with van der Waals surface area (Å²) in [5.41, 5.74) is -1.64. The summed E-state index contributed by atoms with van der Waals surface area (Å²) in [6.07, 6.45) is -1.37. The molecule has 0 spiro atoms. The van der Waals surface area contributed by atoms with E-state index in [9.17, 15) is 22.8 Å². The lowest BCUT2D eigenvalue weighted by atomic mass is 10.1.